The van der Waals surface area contributed by atoms with Crippen molar-refractivity contribution in [1.82, 2.24) is 5.32 Å². The lowest BCUT2D eigenvalue weighted by Gasteiger charge is -2.21. The Kier molecular flexibility index (Phi) is 9.12. The van der Waals surface area contributed by atoms with E-state index in [0.29, 0.717) is 0 Å². The van der Waals surface area contributed by atoms with Gasteiger partial charge in [-0.1, -0.05) is 27.7 Å². The summed E-state index contributed by atoms with van der Waals surface area (Å²) >= 11 is 0. The van der Waals surface area contributed by atoms with Crippen LogP contribution >= 0.6 is 0 Å². The van der Waals surface area contributed by atoms with Crippen LogP contribution in [0.1, 0.15) is 41.0 Å². The summed E-state index contributed by atoms with van der Waals surface area (Å²) in [5.74, 6) is 2.23. The fourth-order valence-corrected chi connectivity index (χ4v) is 1.61. The van der Waals surface area contributed by atoms with Crippen molar-refractivity contribution in [2.24, 2.45) is 17.8 Å². The summed E-state index contributed by atoms with van der Waals surface area (Å²) in [6.07, 6.45) is 1.18. The third kappa shape index (κ3) is 8.88. The maximum Gasteiger partial charge on any atom is 0.0469 e. The van der Waals surface area contributed by atoms with E-state index in [-0.39, 0.29) is 0 Å². The Morgan fingerprint density at radius 1 is 1.07 bits per heavy atom. The molecular weight excluding hydrogens is 186 g/mol. The average molecular weight is 215 g/mol. The molecule has 2 heteroatoms. The molecule has 0 bridgehead atoms. The molecule has 0 amide bonds. The van der Waals surface area contributed by atoms with Crippen molar-refractivity contribution in [3.05, 3.63) is 0 Å². The molecule has 15 heavy (non-hydrogen) atoms. The molecule has 2 nitrogen and oxygen atoms in total. The second-order valence-electron chi connectivity index (χ2n) is 5.04. The number of rotatable bonds is 9. The van der Waals surface area contributed by atoms with Crippen molar-refractivity contribution in [1.29, 1.82) is 0 Å². The minimum Gasteiger partial charge on any atom is -0.382 e. The lowest BCUT2D eigenvalue weighted by Crippen LogP contribution is -2.29. The molecule has 1 atom stereocenters. The Labute approximate surface area is 95.8 Å². The summed E-state index contributed by atoms with van der Waals surface area (Å²) in [6, 6.07) is 0. The van der Waals surface area contributed by atoms with E-state index in [0.717, 1.165) is 44.1 Å². The average Bonchev–Trinajstić information content (AvgIpc) is 2.15. The lowest BCUT2D eigenvalue weighted by atomic mass is 9.92. The van der Waals surface area contributed by atoms with Crippen LogP contribution in [0.3, 0.4) is 0 Å². The molecule has 0 fully saturated rings. The number of ether oxygens (including phenoxy) is 1. The first kappa shape index (κ1) is 14.9. The Balaban J connectivity index is 3.64. The minimum atomic E-state index is 0.740. The van der Waals surface area contributed by atoms with Crippen LogP contribution in [0.15, 0.2) is 0 Å². The number of nitrogens with one attached hydrogen (secondary N) is 1. The standard InChI is InChI=1S/C13H29NO/c1-6-15-8-7-13(12(4)5)10-14-9-11(2)3/h11-14H,6-10H2,1-5H3. The van der Waals surface area contributed by atoms with E-state index in [1.54, 1.807) is 0 Å². The van der Waals surface area contributed by atoms with Gasteiger partial charge in [-0.25, -0.2) is 0 Å². The first-order valence-corrected chi connectivity index (χ1v) is 6.36. The maximum atomic E-state index is 5.41. The number of hydrogen-bond acceptors (Lipinski definition) is 2. The monoisotopic (exact) mass is 215 g/mol. The summed E-state index contributed by atoms with van der Waals surface area (Å²) in [5.41, 5.74) is 0. The van der Waals surface area contributed by atoms with Gasteiger partial charge in [-0.3, -0.25) is 0 Å². The predicted molar refractivity (Wildman–Crippen MR) is 67.1 cm³/mol. The van der Waals surface area contributed by atoms with Gasteiger partial charge in [0.1, 0.15) is 0 Å². The highest BCUT2D eigenvalue weighted by Crippen LogP contribution is 2.14. The van der Waals surface area contributed by atoms with E-state index in [9.17, 15) is 0 Å². The normalized spacial score (nSPS) is 13.8. The van der Waals surface area contributed by atoms with E-state index in [1.807, 2.05) is 0 Å². The second-order valence-corrected chi connectivity index (χ2v) is 5.04. The molecule has 0 aromatic carbocycles. The van der Waals surface area contributed by atoms with Crippen LogP contribution in [0.4, 0.5) is 0 Å². The highest BCUT2D eigenvalue weighted by atomic mass is 16.5. The molecule has 0 heterocycles. The first-order chi connectivity index (χ1) is 7.07. The van der Waals surface area contributed by atoms with Crippen molar-refractivity contribution < 1.29 is 4.74 Å². The lowest BCUT2D eigenvalue weighted by molar-refractivity contribution is 0.123. The largest absolute Gasteiger partial charge is 0.382 e. The van der Waals surface area contributed by atoms with Crippen molar-refractivity contribution >= 4 is 0 Å². The van der Waals surface area contributed by atoms with Gasteiger partial charge in [0.15, 0.2) is 0 Å². The SMILES string of the molecule is CCOCCC(CNCC(C)C)C(C)C. The van der Waals surface area contributed by atoms with Crippen LogP contribution in [0.25, 0.3) is 0 Å². The zero-order chi connectivity index (χ0) is 11.7. The molecule has 0 aromatic rings. The van der Waals surface area contributed by atoms with Gasteiger partial charge in [0.25, 0.3) is 0 Å². The highest BCUT2D eigenvalue weighted by molar-refractivity contribution is 4.66. The van der Waals surface area contributed by atoms with Gasteiger partial charge < -0.3 is 10.1 Å². The quantitative estimate of drug-likeness (QED) is 0.597. The van der Waals surface area contributed by atoms with Gasteiger partial charge in [-0.2, -0.15) is 0 Å². The van der Waals surface area contributed by atoms with Gasteiger partial charge in [0, 0.05) is 13.2 Å². The Hall–Kier alpha value is -0.0800. The van der Waals surface area contributed by atoms with Crippen molar-refractivity contribution in [2.75, 3.05) is 26.3 Å². The summed E-state index contributed by atoms with van der Waals surface area (Å²) in [7, 11) is 0. The molecule has 0 aliphatic rings. The van der Waals surface area contributed by atoms with E-state index in [4.69, 9.17) is 4.74 Å². The fourth-order valence-electron chi connectivity index (χ4n) is 1.61. The maximum absolute atomic E-state index is 5.41. The van der Waals surface area contributed by atoms with Crippen LogP contribution in [0.2, 0.25) is 0 Å². The van der Waals surface area contributed by atoms with E-state index < -0.39 is 0 Å². The highest BCUT2D eigenvalue weighted by Gasteiger charge is 2.12. The first-order valence-electron chi connectivity index (χ1n) is 6.36. The van der Waals surface area contributed by atoms with Crippen molar-refractivity contribution in [3.8, 4) is 0 Å². The number of hydrogen-bond donors (Lipinski definition) is 1. The van der Waals surface area contributed by atoms with Gasteiger partial charge in [-0.15, -0.1) is 0 Å². The van der Waals surface area contributed by atoms with Crippen LogP contribution in [-0.4, -0.2) is 26.3 Å². The van der Waals surface area contributed by atoms with Gasteiger partial charge in [-0.05, 0) is 44.2 Å². The summed E-state index contributed by atoms with van der Waals surface area (Å²) in [6.45, 7) is 15.1. The third-order valence-corrected chi connectivity index (χ3v) is 2.74. The summed E-state index contributed by atoms with van der Waals surface area (Å²) in [5, 5.41) is 3.54. The van der Waals surface area contributed by atoms with Crippen molar-refractivity contribution in [3.63, 3.8) is 0 Å². The zero-order valence-corrected chi connectivity index (χ0v) is 11.2. The van der Waals surface area contributed by atoms with E-state index >= 15 is 0 Å². The molecule has 1 N–H and O–H groups in total. The molecular formula is C13H29NO. The Bertz CT molecular complexity index is 134. The summed E-state index contributed by atoms with van der Waals surface area (Å²) in [4.78, 5) is 0. The molecule has 0 saturated heterocycles. The second kappa shape index (κ2) is 9.17. The van der Waals surface area contributed by atoms with E-state index in [2.05, 4.69) is 39.9 Å². The van der Waals surface area contributed by atoms with Crippen LogP contribution < -0.4 is 5.32 Å². The zero-order valence-electron chi connectivity index (χ0n) is 11.2. The minimum absolute atomic E-state index is 0.740. The smallest absolute Gasteiger partial charge is 0.0469 e. The molecule has 0 rings (SSSR count). The molecule has 0 aliphatic heterocycles. The fraction of sp³-hybridized carbons (Fsp3) is 1.00. The van der Waals surface area contributed by atoms with Crippen LogP contribution in [0, 0.1) is 17.8 Å². The van der Waals surface area contributed by atoms with Gasteiger partial charge in [0.05, 0.1) is 0 Å². The molecule has 0 spiro atoms. The molecule has 0 saturated carbocycles. The van der Waals surface area contributed by atoms with Gasteiger partial charge in [0.2, 0.25) is 0 Å². The molecule has 0 aliphatic carbocycles. The molecule has 0 aromatic heterocycles. The molecule has 1 unspecified atom stereocenters. The van der Waals surface area contributed by atoms with Gasteiger partial charge >= 0.3 is 0 Å². The third-order valence-electron chi connectivity index (χ3n) is 2.74. The van der Waals surface area contributed by atoms with Crippen molar-refractivity contribution in [2.45, 2.75) is 41.0 Å². The summed E-state index contributed by atoms with van der Waals surface area (Å²) < 4.78 is 5.41. The van der Waals surface area contributed by atoms with Crippen LogP contribution in [0.5, 0.6) is 0 Å². The molecule has 0 radical (unpaired) electrons. The van der Waals surface area contributed by atoms with Crippen LogP contribution in [-0.2, 0) is 4.74 Å². The molecule has 92 valence electrons. The predicted octanol–water partition coefficient (Wildman–Crippen LogP) is 2.93. The topological polar surface area (TPSA) is 21.3 Å². The Morgan fingerprint density at radius 3 is 2.20 bits per heavy atom. The van der Waals surface area contributed by atoms with E-state index in [1.165, 1.54) is 6.42 Å². The Morgan fingerprint density at radius 2 is 1.73 bits per heavy atom.